The Morgan fingerprint density at radius 1 is 1.43 bits per heavy atom. The maximum Gasteiger partial charge on any atom is 0.163 e. The first-order valence-electron chi connectivity index (χ1n) is 7.25. The molecule has 0 unspecified atom stereocenters. The number of rotatable bonds is 5. The number of nitrogens with one attached hydrogen (secondary N) is 1. The Bertz CT molecular complexity index is 874. The molecule has 0 aliphatic heterocycles. The van der Waals surface area contributed by atoms with E-state index in [4.69, 9.17) is 11.0 Å². The maximum atomic E-state index is 9.08. The second-order valence-corrected chi connectivity index (χ2v) is 6.61. The van der Waals surface area contributed by atoms with E-state index in [1.807, 2.05) is 7.05 Å². The van der Waals surface area contributed by atoms with Crippen LogP contribution in [0.2, 0.25) is 0 Å². The Morgan fingerprint density at radius 2 is 2.26 bits per heavy atom. The van der Waals surface area contributed by atoms with Crippen molar-refractivity contribution in [3.05, 3.63) is 28.5 Å². The number of aromatic amines is 1. The Kier molecular flexibility index (Phi) is 4.12. The summed E-state index contributed by atoms with van der Waals surface area (Å²) in [6.07, 6.45) is 3.18. The summed E-state index contributed by atoms with van der Waals surface area (Å²) >= 11 is 1.67. The van der Waals surface area contributed by atoms with Crippen molar-refractivity contribution >= 4 is 33.2 Å². The lowest BCUT2D eigenvalue weighted by Gasteiger charge is -2.18. The lowest BCUT2D eigenvalue weighted by atomic mass is 10.1. The first-order valence-corrected chi connectivity index (χ1v) is 8.07. The quantitative estimate of drug-likeness (QED) is 0.744. The summed E-state index contributed by atoms with van der Waals surface area (Å²) in [6.45, 7) is 2.88. The summed E-state index contributed by atoms with van der Waals surface area (Å²) in [7, 11) is 2.02. The number of fused-ring (bicyclic) bond motifs is 1. The van der Waals surface area contributed by atoms with Crippen molar-refractivity contribution in [3.63, 3.8) is 0 Å². The van der Waals surface area contributed by atoms with Gasteiger partial charge in [-0.05, 0) is 25.8 Å². The number of hydrogen-bond donors (Lipinski definition) is 2. The minimum absolute atomic E-state index is 0.266. The van der Waals surface area contributed by atoms with Crippen LogP contribution in [0.3, 0.4) is 0 Å². The zero-order chi connectivity index (χ0) is 16.4. The third kappa shape index (κ3) is 2.96. The molecule has 0 saturated heterocycles. The number of nitrogen functional groups attached to an aromatic ring is 1. The van der Waals surface area contributed by atoms with E-state index < -0.39 is 0 Å². The number of anilines is 2. The molecule has 23 heavy (non-hydrogen) atoms. The summed E-state index contributed by atoms with van der Waals surface area (Å²) in [5.41, 5.74) is 6.89. The molecule has 8 heteroatoms. The topological polar surface area (TPSA) is 108 Å². The highest BCUT2D eigenvalue weighted by Gasteiger charge is 2.13. The van der Waals surface area contributed by atoms with E-state index in [0.29, 0.717) is 12.0 Å². The van der Waals surface area contributed by atoms with Crippen LogP contribution in [0.5, 0.6) is 0 Å². The standard InChI is InChI=1S/C15H17N7S/c1-9-6-10-14(18-8-19-15(10)23-9)22(2)5-3-4-12-11(7-16)13(17)21-20-12/h6,8H,3-5H2,1-2H3,(H3,17,20,21). The van der Waals surface area contributed by atoms with Crippen LogP contribution >= 0.6 is 11.3 Å². The Balaban J connectivity index is 1.69. The van der Waals surface area contributed by atoms with E-state index in [1.165, 1.54) is 4.88 Å². The van der Waals surface area contributed by atoms with E-state index in [-0.39, 0.29) is 5.82 Å². The van der Waals surface area contributed by atoms with Crippen LogP contribution in [0, 0.1) is 18.3 Å². The highest BCUT2D eigenvalue weighted by atomic mass is 32.1. The number of thiophene rings is 1. The van der Waals surface area contributed by atoms with Crippen LogP contribution < -0.4 is 10.6 Å². The van der Waals surface area contributed by atoms with E-state index in [2.05, 4.69) is 44.1 Å². The van der Waals surface area contributed by atoms with Gasteiger partial charge in [0.2, 0.25) is 0 Å². The second-order valence-electron chi connectivity index (χ2n) is 5.37. The number of nitrogens with two attached hydrogens (primary N) is 1. The van der Waals surface area contributed by atoms with Crippen LogP contribution in [0.1, 0.15) is 22.6 Å². The smallest absolute Gasteiger partial charge is 0.163 e. The zero-order valence-corrected chi connectivity index (χ0v) is 13.8. The fourth-order valence-corrected chi connectivity index (χ4v) is 3.41. The van der Waals surface area contributed by atoms with Gasteiger partial charge in [0.15, 0.2) is 5.82 Å². The molecule has 0 aromatic carbocycles. The minimum atomic E-state index is 0.266. The molecule has 7 nitrogen and oxygen atoms in total. The number of hydrogen-bond acceptors (Lipinski definition) is 7. The van der Waals surface area contributed by atoms with Crippen molar-refractivity contribution in [1.82, 2.24) is 20.2 Å². The number of nitrogens with zero attached hydrogens (tertiary/aromatic N) is 5. The maximum absolute atomic E-state index is 9.08. The van der Waals surface area contributed by atoms with Gasteiger partial charge in [-0.3, -0.25) is 5.10 Å². The average Bonchev–Trinajstić information content (AvgIpc) is 3.08. The van der Waals surface area contributed by atoms with Crippen LogP contribution in [0.15, 0.2) is 12.4 Å². The van der Waals surface area contributed by atoms with Crippen LogP contribution in [0.25, 0.3) is 10.2 Å². The van der Waals surface area contributed by atoms with Crippen LogP contribution in [-0.2, 0) is 6.42 Å². The lowest BCUT2D eigenvalue weighted by Crippen LogP contribution is -2.20. The molecule has 3 rings (SSSR count). The minimum Gasteiger partial charge on any atom is -0.381 e. The normalized spacial score (nSPS) is 10.8. The number of aryl methyl sites for hydroxylation is 2. The average molecular weight is 327 g/mol. The SMILES string of the molecule is Cc1cc2c(N(C)CCCc3[nH]nc(N)c3C#N)ncnc2s1. The van der Waals surface area contributed by atoms with Crippen molar-refractivity contribution in [2.24, 2.45) is 0 Å². The second kappa shape index (κ2) is 6.22. The molecule has 0 aliphatic carbocycles. The molecule has 0 radical (unpaired) electrons. The Labute approximate surface area is 137 Å². The van der Waals surface area contributed by atoms with Crippen LogP contribution in [0.4, 0.5) is 11.6 Å². The van der Waals surface area contributed by atoms with Crippen molar-refractivity contribution in [2.45, 2.75) is 19.8 Å². The van der Waals surface area contributed by atoms with Gasteiger partial charge in [0.05, 0.1) is 11.1 Å². The molecule has 0 atom stereocenters. The molecule has 0 aliphatic rings. The molecule has 0 fully saturated rings. The predicted octanol–water partition coefficient (Wildman–Crippen LogP) is 2.25. The van der Waals surface area contributed by atoms with Gasteiger partial charge in [-0.25, -0.2) is 9.97 Å². The first kappa shape index (κ1) is 15.2. The highest BCUT2D eigenvalue weighted by molar-refractivity contribution is 7.18. The summed E-state index contributed by atoms with van der Waals surface area (Å²) in [5, 5.41) is 16.9. The van der Waals surface area contributed by atoms with E-state index in [0.717, 1.165) is 34.7 Å². The summed E-state index contributed by atoms with van der Waals surface area (Å²) in [5.74, 6) is 1.20. The van der Waals surface area contributed by atoms with Crippen molar-refractivity contribution in [1.29, 1.82) is 5.26 Å². The monoisotopic (exact) mass is 327 g/mol. The Hall–Kier alpha value is -2.66. The Morgan fingerprint density at radius 3 is 3.04 bits per heavy atom. The van der Waals surface area contributed by atoms with E-state index >= 15 is 0 Å². The molecule has 3 N–H and O–H groups in total. The molecule has 118 valence electrons. The van der Waals surface area contributed by atoms with Gasteiger partial charge in [-0.2, -0.15) is 10.4 Å². The number of nitriles is 1. The first-order chi connectivity index (χ1) is 11.1. The third-order valence-corrected chi connectivity index (χ3v) is 4.65. The third-order valence-electron chi connectivity index (χ3n) is 3.69. The van der Waals surface area contributed by atoms with Gasteiger partial charge in [-0.1, -0.05) is 0 Å². The van der Waals surface area contributed by atoms with Crippen LogP contribution in [-0.4, -0.2) is 33.8 Å². The van der Waals surface area contributed by atoms with Gasteiger partial charge in [0.1, 0.15) is 28.6 Å². The molecule has 0 amide bonds. The zero-order valence-electron chi connectivity index (χ0n) is 13.0. The number of H-pyrrole nitrogens is 1. The molecular weight excluding hydrogens is 310 g/mol. The highest BCUT2D eigenvalue weighted by Crippen LogP contribution is 2.29. The van der Waals surface area contributed by atoms with Gasteiger partial charge in [0.25, 0.3) is 0 Å². The fourth-order valence-electron chi connectivity index (χ4n) is 2.57. The molecule has 0 bridgehead atoms. The molecular formula is C15H17N7S. The molecule has 3 aromatic rings. The largest absolute Gasteiger partial charge is 0.381 e. The van der Waals surface area contributed by atoms with E-state index in [1.54, 1.807) is 17.7 Å². The lowest BCUT2D eigenvalue weighted by molar-refractivity contribution is 0.760. The predicted molar refractivity (Wildman–Crippen MR) is 91.5 cm³/mol. The molecule has 0 spiro atoms. The van der Waals surface area contributed by atoms with Gasteiger partial charge >= 0.3 is 0 Å². The fraction of sp³-hybridized carbons (Fsp3) is 0.333. The molecule has 3 aromatic heterocycles. The van der Waals surface area contributed by atoms with Crippen molar-refractivity contribution < 1.29 is 0 Å². The molecule has 0 saturated carbocycles. The summed E-state index contributed by atoms with van der Waals surface area (Å²) in [4.78, 5) is 13.1. The summed E-state index contributed by atoms with van der Waals surface area (Å²) in [6, 6.07) is 4.21. The van der Waals surface area contributed by atoms with Gasteiger partial charge in [-0.15, -0.1) is 11.3 Å². The van der Waals surface area contributed by atoms with Gasteiger partial charge in [0, 0.05) is 18.5 Å². The van der Waals surface area contributed by atoms with Gasteiger partial charge < -0.3 is 10.6 Å². The van der Waals surface area contributed by atoms with Crippen molar-refractivity contribution in [3.8, 4) is 6.07 Å². The molecule has 3 heterocycles. The van der Waals surface area contributed by atoms with E-state index in [9.17, 15) is 0 Å². The van der Waals surface area contributed by atoms with Crippen molar-refractivity contribution in [2.75, 3.05) is 24.2 Å². The number of aromatic nitrogens is 4. The summed E-state index contributed by atoms with van der Waals surface area (Å²) < 4.78 is 0.